The summed E-state index contributed by atoms with van der Waals surface area (Å²) in [6.07, 6.45) is 1.96. The number of aliphatic hydroxyl groups excluding tert-OH is 1. The quantitative estimate of drug-likeness (QED) is 0.621. The highest BCUT2D eigenvalue weighted by Gasteiger charge is 2.49. The average molecular weight is 471 g/mol. The molecule has 180 valence electrons. The van der Waals surface area contributed by atoms with Crippen LogP contribution in [0.15, 0.2) is 72.8 Å². The van der Waals surface area contributed by atoms with Gasteiger partial charge in [-0.2, -0.15) is 0 Å². The summed E-state index contributed by atoms with van der Waals surface area (Å²) in [5.74, 6) is 1.53. The minimum atomic E-state index is 0.0239. The Morgan fingerprint density at radius 2 is 1.63 bits per heavy atom. The molecule has 2 fully saturated rings. The predicted molar refractivity (Wildman–Crippen MR) is 134 cm³/mol. The van der Waals surface area contributed by atoms with E-state index in [9.17, 15) is 9.90 Å². The van der Waals surface area contributed by atoms with Gasteiger partial charge < -0.3 is 19.5 Å². The van der Waals surface area contributed by atoms with E-state index in [1.807, 2.05) is 23.1 Å². The van der Waals surface area contributed by atoms with Gasteiger partial charge in [-0.25, -0.2) is 0 Å². The zero-order chi connectivity index (χ0) is 23.8. The second kappa shape index (κ2) is 9.36. The molecule has 1 N–H and O–H groups in total. The first-order valence-corrected chi connectivity index (χ1v) is 12.4. The summed E-state index contributed by atoms with van der Waals surface area (Å²) in [6.45, 7) is 2.66. The molecule has 35 heavy (non-hydrogen) atoms. The fourth-order valence-electron chi connectivity index (χ4n) is 5.87. The molecule has 6 heteroatoms. The van der Waals surface area contributed by atoms with Gasteiger partial charge in [-0.3, -0.25) is 9.69 Å². The highest BCUT2D eigenvalue weighted by atomic mass is 16.7. The van der Waals surface area contributed by atoms with Gasteiger partial charge in [0.2, 0.25) is 6.79 Å². The highest BCUT2D eigenvalue weighted by molar-refractivity contribution is 5.95. The summed E-state index contributed by atoms with van der Waals surface area (Å²) in [6, 6.07) is 24.8. The SMILES string of the molecule is O=C(c1ccc2c(c1)OCO2)N1CCCCN2[C@H](C1)[C@@H](c1ccc(-c3ccccc3)cc1)[C@@H]2CO. The second-order valence-electron chi connectivity index (χ2n) is 9.60. The number of ether oxygens (including phenoxy) is 2. The number of nitrogens with zero attached hydrogens (tertiary/aromatic N) is 2. The Kier molecular flexibility index (Phi) is 5.92. The molecule has 3 atom stereocenters. The number of benzene rings is 3. The minimum absolute atomic E-state index is 0.0239. The molecule has 0 unspecified atom stereocenters. The van der Waals surface area contributed by atoms with Crippen LogP contribution in [0.25, 0.3) is 11.1 Å². The van der Waals surface area contributed by atoms with Crippen LogP contribution in [-0.2, 0) is 0 Å². The molecule has 0 radical (unpaired) electrons. The van der Waals surface area contributed by atoms with Gasteiger partial charge in [0.05, 0.1) is 6.61 Å². The normalized spacial score (nSPS) is 23.7. The maximum absolute atomic E-state index is 13.5. The number of hydrogen-bond donors (Lipinski definition) is 1. The van der Waals surface area contributed by atoms with Gasteiger partial charge in [-0.15, -0.1) is 0 Å². The van der Waals surface area contributed by atoms with E-state index >= 15 is 0 Å². The van der Waals surface area contributed by atoms with Crippen LogP contribution in [0.5, 0.6) is 11.5 Å². The van der Waals surface area contributed by atoms with E-state index in [0.717, 1.165) is 25.9 Å². The Morgan fingerprint density at radius 1 is 0.886 bits per heavy atom. The molecule has 0 aromatic heterocycles. The first-order valence-electron chi connectivity index (χ1n) is 12.4. The van der Waals surface area contributed by atoms with Crippen molar-refractivity contribution < 1.29 is 19.4 Å². The number of hydrogen-bond acceptors (Lipinski definition) is 5. The van der Waals surface area contributed by atoms with Crippen LogP contribution in [0.3, 0.4) is 0 Å². The molecule has 1 amide bonds. The van der Waals surface area contributed by atoms with E-state index in [2.05, 4.69) is 53.4 Å². The van der Waals surface area contributed by atoms with E-state index in [0.29, 0.717) is 23.6 Å². The molecule has 3 heterocycles. The molecular weight excluding hydrogens is 440 g/mol. The summed E-state index contributed by atoms with van der Waals surface area (Å²) >= 11 is 0. The number of aliphatic hydroxyl groups is 1. The van der Waals surface area contributed by atoms with E-state index in [-0.39, 0.29) is 37.3 Å². The number of rotatable bonds is 4. The van der Waals surface area contributed by atoms with Crippen LogP contribution in [0.2, 0.25) is 0 Å². The number of carbonyl (C=O) groups is 1. The second-order valence-corrected chi connectivity index (χ2v) is 9.60. The van der Waals surface area contributed by atoms with Gasteiger partial charge in [0.1, 0.15) is 0 Å². The van der Waals surface area contributed by atoms with Crippen molar-refractivity contribution in [2.75, 3.05) is 33.0 Å². The maximum atomic E-state index is 13.5. The summed E-state index contributed by atoms with van der Waals surface area (Å²) in [5, 5.41) is 10.2. The zero-order valence-electron chi connectivity index (χ0n) is 19.7. The molecule has 6 nitrogen and oxygen atoms in total. The third-order valence-corrected chi connectivity index (χ3v) is 7.68. The van der Waals surface area contributed by atoms with Crippen LogP contribution in [0.1, 0.15) is 34.7 Å². The van der Waals surface area contributed by atoms with Crippen molar-refractivity contribution in [3.8, 4) is 22.6 Å². The Hall–Kier alpha value is -3.35. The third-order valence-electron chi connectivity index (χ3n) is 7.68. The fourth-order valence-corrected chi connectivity index (χ4v) is 5.87. The maximum Gasteiger partial charge on any atom is 0.254 e. The lowest BCUT2D eigenvalue weighted by atomic mass is 9.74. The molecule has 6 rings (SSSR count). The van der Waals surface area contributed by atoms with Gasteiger partial charge in [-0.05, 0) is 54.3 Å². The van der Waals surface area contributed by atoms with Crippen molar-refractivity contribution >= 4 is 5.91 Å². The molecule has 3 aliphatic rings. The van der Waals surface area contributed by atoms with Crippen molar-refractivity contribution in [3.05, 3.63) is 83.9 Å². The number of fused-ring (bicyclic) bond motifs is 2. The molecule has 3 aliphatic heterocycles. The Balaban J connectivity index is 1.24. The third kappa shape index (κ3) is 4.07. The lowest BCUT2D eigenvalue weighted by Crippen LogP contribution is -2.67. The van der Waals surface area contributed by atoms with Gasteiger partial charge >= 0.3 is 0 Å². The van der Waals surface area contributed by atoms with Crippen molar-refractivity contribution in [1.29, 1.82) is 0 Å². The van der Waals surface area contributed by atoms with E-state index in [4.69, 9.17) is 9.47 Å². The first kappa shape index (κ1) is 22.1. The van der Waals surface area contributed by atoms with E-state index < -0.39 is 0 Å². The lowest BCUT2D eigenvalue weighted by Gasteiger charge is -2.57. The van der Waals surface area contributed by atoms with E-state index in [1.165, 1.54) is 16.7 Å². The van der Waals surface area contributed by atoms with Crippen LogP contribution < -0.4 is 9.47 Å². The molecule has 0 aliphatic carbocycles. The molecular formula is C29H30N2O4. The number of carbonyl (C=O) groups excluding carboxylic acids is 1. The standard InChI is InChI=1S/C29H30N2O4/c32-18-25-28(22-10-8-21(9-11-22)20-6-2-1-3-7-20)24-17-30(14-4-5-15-31(24)25)29(33)23-12-13-26-27(16-23)35-19-34-26/h1-3,6-13,16,24-25,28,32H,4-5,14-15,17-19H2/t24-,25+,28-/m1/s1. The topological polar surface area (TPSA) is 62.2 Å². The van der Waals surface area contributed by atoms with Crippen molar-refractivity contribution in [2.45, 2.75) is 30.8 Å². The summed E-state index contributed by atoms with van der Waals surface area (Å²) in [7, 11) is 0. The smallest absolute Gasteiger partial charge is 0.254 e. The lowest BCUT2D eigenvalue weighted by molar-refractivity contribution is -0.0606. The van der Waals surface area contributed by atoms with Crippen LogP contribution >= 0.6 is 0 Å². The van der Waals surface area contributed by atoms with Gasteiger partial charge in [0.25, 0.3) is 5.91 Å². The van der Waals surface area contributed by atoms with Gasteiger partial charge in [-0.1, -0.05) is 54.6 Å². The van der Waals surface area contributed by atoms with Crippen molar-refractivity contribution in [2.24, 2.45) is 0 Å². The Bertz CT molecular complexity index is 1200. The zero-order valence-corrected chi connectivity index (χ0v) is 19.7. The van der Waals surface area contributed by atoms with Gasteiger partial charge in [0.15, 0.2) is 11.5 Å². The predicted octanol–water partition coefficient (Wildman–Crippen LogP) is 4.15. The highest BCUT2D eigenvalue weighted by Crippen LogP contribution is 2.42. The molecule has 0 spiro atoms. The summed E-state index contributed by atoms with van der Waals surface area (Å²) in [5.41, 5.74) is 4.23. The molecule has 2 saturated heterocycles. The van der Waals surface area contributed by atoms with Crippen LogP contribution in [-0.4, -0.2) is 65.9 Å². The Morgan fingerprint density at radius 3 is 2.43 bits per heavy atom. The largest absolute Gasteiger partial charge is 0.454 e. The van der Waals surface area contributed by atoms with Crippen molar-refractivity contribution in [3.63, 3.8) is 0 Å². The van der Waals surface area contributed by atoms with Crippen LogP contribution in [0.4, 0.5) is 0 Å². The van der Waals surface area contributed by atoms with Crippen molar-refractivity contribution in [1.82, 2.24) is 9.80 Å². The summed E-state index contributed by atoms with van der Waals surface area (Å²) in [4.78, 5) is 17.9. The Labute approximate surface area is 205 Å². The van der Waals surface area contributed by atoms with Crippen LogP contribution in [0, 0.1) is 0 Å². The molecule has 0 bridgehead atoms. The molecule has 3 aromatic carbocycles. The monoisotopic (exact) mass is 470 g/mol. The fraction of sp³-hybridized carbons (Fsp3) is 0.345. The summed E-state index contributed by atoms with van der Waals surface area (Å²) < 4.78 is 10.9. The molecule has 0 saturated carbocycles. The van der Waals surface area contributed by atoms with Gasteiger partial charge in [0, 0.05) is 36.7 Å². The minimum Gasteiger partial charge on any atom is -0.454 e. The number of amides is 1. The first-order chi connectivity index (χ1) is 17.2. The molecule has 3 aromatic rings. The average Bonchev–Trinajstić information content (AvgIpc) is 3.36. The van der Waals surface area contributed by atoms with E-state index in [1.54, 1.807) is 6.07 Å².